The normalized spacial score (nSPS) is 15.5. The highest BCUT2D eigenvalue weighted by Gasteiger charge is 2.17. The first-order chi connectivity index (χ1) is 11.2. The first-order valence-electron chi connectivity index (χ1n) is 11.2. The van der Waals surface area contributed by atoms with Crippen LogP contribution >= 0.6 is 0 Å². The van der Waals surface area contributed by atoms with Gasteiger partial charge in [-0.15, -0.1) is 0 Å². The van der Waals surface area contributed by atoms with Gasteiger partial charge in [-0.1, -0.05) is 131 Å². The molecule has 3 atom stereocenters. The monoisotopic (exact) mass is 324 g/mol. The fraction of sp³-hybridized carbons (Fsp3) is 1.00. The molecule has 0 fully saturated rings. The summed E-state index contributed by atoms with van der Waals surface area (Å²) in [5, 5.41) is 0. The average Bonchev–Trinajstić information content (AvgIpc) is 2.56. The summed E-state index contributed by atoms with van der Waals surface area (Å²) < 4.78 is 0. The summed E-state index contributed by atoms with van der Waals surface area (Å²) in [6, 6.07) is 0. The summed E-state index contributed by atoms with van der Waals surface area (Å²) in [5.74, 6) is 2.94. The van der Waals surface area contributed by atoms with Crippen LogP contribution < -0.4 is 0 Å². The highest BCUT2D eigenvalue weighted by molar-refractivity contribution is 4.69. The molecule has 0 saturated heterocycles. The number of rotatable bonds is 17. The summed E-state index contributed by atoms with van der Waals surface area (Å²) in [7, 11) is 0. The molecule has 3 unspecified atom stereocenters. The van der Waals surface area contributed by atoms with E-state index in [-0.39, 0.29) is 0 Å². The van der Waals surface area contributed by atoms with Gasteiger partial charge >= 0.3 is 0 Å². The molecule has 0 aliphatic heterocycles. The van der Waals surface area contributed by atoms with Gasteiger partial charge in [0.25, 0.3) is 0 Å². The molecule has 140 valence electrons. The van der Waals surface area contributed by atoms with Crippen molar-refractivity contribution in [1.29, 1.82) is 0 Å². The Labute approximate surface area is 149 Å². The Morgan fingerprint density at radius 2 is 1.09 bits per heavy atom. The first kappa shape index (κ1) is 23.0. The zero-order valence-electron chi connectivity index (χ0n) is 17.3. The maximum absolute atomic E-state index is 2.54. The molecule has 0 aromatic carbocycles. The lowest BCUT2D eigenvalue weighted by atomic mass is 9.81. The summed E-state index contributed by atoms with van der Waals surface area (Å²) in [6.07, 6.45) is 21.6. The van der Waals surface area contributed by atoms with Crippen LogP contribution in [0.3, 0.4) is 0 Å². The van der Waals surface area contributed by atoms with E-state index in [1.165, 1.54) is 96.3 Å². The van der Waals surface area contributed by atoms with Gasteiger partial charge in [0.1, 0.15) is 0 Å². The highest BCUT2D eigenvalue weighted by atomic mass is 14.2. The second kappa shape index (κ2) is 16.8. The van der Waals surface area contributed by atoms with Gasteiger partial charge in [0.15, 0.2) is 0 Å². The van der Waals surface area contributed by atoms with Crippen LogP contribution in [0.4, 0.5) is 0 Å². The molecule has 0 radical (unpaired) electrons. The minimum Gasteiger partial charge on any atom is -0.0654 e. The van der Waals surface area contributed by atoms with Gasteiger partial charge in [0, 0.05) is 0 Å². The lowest BCUT2D eigenvalue weighted by molar-refractivity contribution is 0.265. The van der Waals surface area contributed by atoms with Crippen LogP contribution in [0.1, 0.15) is 131 Å². The lowest BCUT2D eigenvalue weighted by Gasteiger charge is -2.25. The molecule has 0 aliphatic carbocycles. The predicted molar refractivity (Wildman–Crippen MR) is 108 cm³/mol. The SMILES string of the molecule is CCCCCCC(CC)C(C)CCC(CCCC)CCCCC. The zero-order chi connectivity index (χ0) is 17.3. The topological polar surface area (TPSA) is 0 Å². The van der Waals surface area contributed by atoms with Crippen LogP contribution in [0.25, 0.3) is 0 Å². The van der Waals surface area contributed by atoms with Crippen molar-refractivity contribution >= 4 is 0 Å². The predicted octanol–water partition coefficient (Wildman–Crippen LogP) is 8.79. The van der Waals surface area contributed by atoms with E-state index >= 15 is 0 Å². The molecule has 0 rings (SSSR count). The van der Waals surface area contributed by atoms with Crippen molar-refractivity contribution in [2.45, 2.75) is 131 Å². The molecule has 0 bridgehead atoms. The van der Waals surface area contributed by atoms with Gasteiger partial charge in [-0.2, -0.15) is 0 Å². The molecule has 0 heterocycles. The fourth-order valence-corrected chi connectivity index (χ4v) is 4.07. The van der Waals surface area contributed by atoms with Crippen molar-refractivity contribution in [2.75, 3.05) is 0 Å². The van der Waals surface area contributed by atoms with Gasteiger partial charge in [-0.05, 0) is 17.8 Å². The largest absolute Gasteiger partial charge is 0.0654 e. The highest BCUT2D eigenvalue weighted by Crippen LogP contribution is 2.30. The molecule has 0 aromatic rings. The van der Waals surface area contributed by atoms with Crippen LogP contribution in [-0.2, 0) is 0 Å². The molecular weight excluding hydrogens is 276 g/mol. The van der Waals surface area contributed by atoms with E-state index in [1.807, 2.05) is 0 Å². The van der Waals surface area contributed by atoms with Gasteiger partial charge in [-0.3, -0.25) is 0 Å². The van der Waals surface area contributed by atoms with E-state index < -0.39 is 0 Å². The van der Waals surface area contributed by atoms with Gasteiger partial charge in [-0.25, -0.2) is 0 Å². The van der Waals surface area contributed by atoms with Crippen molar-refractivity contribution in [3.05, 3.63) is 0 Å². The number of hydrogen-bond acceptors (Lipinski definition) is 0. The standard InChI is InChI=1S/C23H48/c1-6-10-13-15-18-23(9-4)21(5)19-20-22(16-12-8-3)17-14-11-7-2/h21-23H,6-20H2,1-5H3. The van der Waals surface area contributed by atoms with E-state index in [0.29, 0.717) is 0 Å². The van der Waals surface area contributed by atoms with E-state index in [2.05, 4.69) is 34.6 Å². The second-order valence-electron chi connectivity index (χ2n) is 8.08. The summed E-state index contributed by atoms with van der Waals surface area (Å²) in [4.78, 5) is 0. The lowest BCUT2D eigenvalue weighted by Crippen LogP contribution is -2.13. The Hall–Kier alpha value is 0. The number of unbranched alkanes of at least 4 members (excludes halogenated alkanes) is 6. The first-order valence-corrected chi connectivity index (χ1v) is 11.2. The summed E-state index contributed by atoms with van der Waals surface area (Å²) >= 11 is 0. The van der Waals surface area contributed by atoms with Gasteiger partial charge in [0.05, 0.1) is 0 Å². The van der Waals surface area contributed by atoms with Crippen LogP contribution in [-0.4, -0.2) is 0 Å². The second-order valence-corrected chi connectivity index (χ2v) is 8.08. The van der Waals surface area contributed by atoms with Gasteiger partial charge < -0.3 is 0 Å². The molecule has 0 heteroatoms. The Morgan fingerprint density at radius 1 is 0.522 bits per heavy atom. The van der Waals surface area contributed by atoms with Crippen LogP contribution in [0.15, 0.2) is 0 Å². The third-order valence-electron chi connectivity index (χ3n) is 5.97. The summed E-state index contributed by atoms with van der Waals surface area (Å²) in [5.41, 5.74) is 0. The molecule has 0 nitrogen and oxygen atoms in total. The Balaban J connectivity index is 4.09. The molecule has 23 heavy (non-hydrogen) atoms. The van der Waals surface area contributed by atoms with E-state index in [0.717, 1.165) is 17.8 Å². The molecule has 0 spiro atoms. The van der Waals surface area contributed by atoms with Gasteiger partial charge in [0.2, 0.25) is 0 Å². The van der Waals surface area contributed by atoms with Crippen LogP contribution in [0, 0.1) is 17.8 Å². The maximum atomic E-state index is 2.54. The average molecular weight is 325 g/mol. The van der Waals surface area contributed by atoms with E-state index in [4.69, 9.17) is 0 Å². The quantitative estimate of drug-likeness (QED) is 0.234. The van der Waals surface area contributed by atoms with Crippen LogP contribution in [0.5, 0.6) is 0 Å². The molecule has 0 saturated carbocycles. The van der Waals surface area contributed by atoms with Crippen LogP contribution in [0.2, 0.25) is 0 Å². The Morgan fingerprint density at radius 3 is 1.70 bits per heavy atom. The molecule has 0 aromatic heterocycles. The minimum atomic E-state index is 0.942. The van der Waals surface area contributed by atoms with Crippen molar-refractivity contribution in [3.63, 3.8) is 0 Å². The smallest absolute Gasteiger partial charge is 0.0391 e. The van der Waals surface area contributed by atoms with E-state index in [9.17, 15) is 0 Å². The Bertz CT molecular complexity index is 220. The third kappa shape index (κ3) is 13.0. The van der Waals surface area contributed by atoms with Crippen molar-refractivity contribution in [1.82, 2.24) is 0 Å². The van der Waals surface area contributed by atoms with Crippen molar-refractivity contribution < 1.29 is 0 Å². The Kier molecular flexibility index (Phi) is 16.8. The minimum absolute atomic E-state index is 0.942. The fourth-order valence-electron chi connectivity index (χ4n) is 4.07. The van der Waals surface area contributed by atoms with Crippen molar-refractivity contribution in [2.24, 2.45) is 17.8 Å². The molecule has 0 aliphatic rings. The van der Waals surface area contributed by atoms with Crippen molar-refractivity contribution in [3.8, 4) is 0 Å². The summed E-state index contributed by atoms with van der Waals surface area (Å²) in [6.45, 7) is 11.9. The zero-order valence-corrected chi connectivity index (χ0v) is 17.3. The maximum Gasteiger partial charge on any atom is -0.0391 e. The third-order valence-corrected chi connectivity index (χ3v) is 5.97. The molecule has 0 amide bonds. The molecular formula is C23H48. The van der Waals surface area contributed by atoms with E-state index in [1.54, 1.807) is 0 Å². The molecule has 0 N–H and O–H groups in total. The number of hydrogen-bond donors (Lipinski definition) is 0.